The summed E-state index contributed by atoms with van der Waals surface area (Å²) in [5.74, 6) is 0. The van der Waals surface area contributed by atoms with Crippen LogP contribution in [0.2, 0.25) is 0 Å². The van der Waals surface area contributed by atoms with Crippen LogP contribution in [0.1, 0.15) is 5.56 Å². The molecule has 0 aliphatic heterocycles. The second kappa shape index (κ2) is 6.13. The fourth-order valence-electron chi connectivity index (χ4n) is 6.98. The molecule has 0 saturated carbocycles. The van der Waals surface area contributed by atoms with Gasteiger partial charge in [-0.1, -0.05) is 66.7 Å². The molecule has 0 N–H and O–H groups in total. The van der Waals surface area contributed by atoms with Crippen molar-refractivity contribution in [3.8, 4) is 0 Å². The van der Waals surface area contributed by atoms with E-state index in [0.717, 1.165) is 0 Å². The monoisotopic (exact) mass is 460 g/mol. The van der Waals surface area contributed by atoms with Gasteiger partial charge in [-0.05, 0) is 42.8 Å². The van der Waals surface area contributed by atoms with Crippen LogP contribution in [0.5, 0.6) is 0 Å². The molecule has 0 aliphatic rings. The highest BCUT2D eigenvalue weighted by molar-refractivity contribution is 6.33. The molecular weight excluding hydrogens is 438 g/mol. The lowest BCUT2D eigenvalue weighted by Gasteiger charge is -2.09. The first-order valence-corrected chi connectivity index (χ1v) is 12.5. The summed E-state index contributed by atoms with van der Waals surface area (Å²) >= 11 is 0. The first kappa shape index (κ1) is 18.7. The molecule has 9 rings (SSSR count). The molecule has 4 aromatic heterocycles. The Labute approximate surface area is 206 Å². The average molecular weight is 461 g/mol. The van der Waals surface area contributed by atoms with E-state index >= 15 is 0 Å². The third-order valence-corrected chi connectivity index (χ3v) is 8.39. The zero-order chi connectivity index (χ0) is 23.7. The van der Waals surface area contributed by atoms with Crippen molar-refractivity contribution >= 4 is 76.5 Å². The van der Waals surface area contributed by atoms with Crippen LogP contribution in [0, 0.1) is 6.92 Å². The highest BCUT2D eigenvalue weighted by atomic mass is 15.1. The third kappa shape index (κ3) is 1.94. The van der Waals surface area contributed by atoms with Crippen LogP contribution in [0.4, 0.5) is 0 Å². The second-order valence-corrected chi connectivity index (χ2v) is 10.1. The number of hydrogen-bond acceptors (Lipinski definition) is 0. The number of aryl methyl sites for hydroxylation is 2. The zero-order valence-corrected chi connectivity index (χ0v) is 20.1. The topological polar surface area (TPSA) is 12.7 Å². The first-order valence-electron chi connectivity index (χ1n) is 12.5. The van der Waals surface area contributed by atoms with Crippen molar-refractivity contribution in [2.24, 2.45) is 7.05 Å². The van der Waals surface area contributed by atoms with Crippen LogP contribution >= 0.6 is 0 Å². The van der Waals surface area contributed by atoms with E-state index in [9.17, 15) is 0 Å². The molecule has 0 bridgehead atoms. The van der Waals surface area contributed by atoms with E-state index in [4.69, 9.17) is 0 Å². The van der Waals surface area contributed by atoms with E-state index in [-0.39, 0.29) is 0 Å². The lowest BCUT2D eigenvalue weighted by atomic mass is 9.97. The number of fused-ring (bicyclic) bond motifs is 15. The van der Waals surface area contributed by atoms with E-state index in [1.165, 1.54) is 82.0 Å². The Morgan fingerprint density at radius 2 is 1.14 bits per heavy atom. The van der Waals surface area contributed by atoms with E-state index in [2.05, 4.69) is 124 Å². The van der Waals surface area contributed by atoms with Crippen molar-refractivity contribution in [3.05, 3.63) is 103 Å². The van der Waals surface area contributed by atoms with Crippen LogP contribution in [-0.2, 0) is 7.05 Å². The minimum absolute atomic E-state index is 1.24. The van der Waals surface area contributed by atoms with Crippen molar-refractivity contribution in [1.82, 2.24) is 8.80 Å². The van der Waals surface area contributed by atoms with Gasteiger partial charge in [0.05, 0.1) is 29.0 Å². The number of pyridine rings is 1. The third-order valence-electron chi connectivity index (χ3n) is 8.39. The summed E-state index contributed by atoms with van der Waals surface area (Å²) in [6.07, 6.45) is 0. The molecule has 0 aliphatic carbocycles. The molecule has 36 heavy (non-hydrogen) atoms. The van der Waals surface area contributed by atoms with Crippen LogP contribution in [0.3, 0.4) is 0 Å². The molecule has 0 saturated heterocycles. The largest absolute Gasteiger partial charge is 0.308 e. The Morgan fingerprint density at radius 3 is 2.03 bits per heavy atom. The van der Waals surface area contributed by atoms with Gasteiger partial charge >= 0.3 is 0 Å². The summed E-state index contributed by atoms with van der Waals surface area (Å²) in [5.41, 5.74) is 10.2. The number of para-hydroxylation sites is 4. The summed E-state index contributed by atoms with van der Waals surface area (Å²) in [5, 5.41) is 9.29. The predicted molar refractivity (Wildman–Crippen MR) is 150 cm³/mol. The van der Waals surface area contributed by atoms with Gasteiger partial charge in [0.25, 0.3) is 5.65 Å². The van der Waals surface area contributed by atoms with Gasteiger partial charge in [-0.2, -0.15) is 4.40 Å². The molecule has 0 unspecified atom stereocenters. The molecule has 0 radical (unpaired) electrons. The highest BCUT2D eigenvalue weighted by Gasteiger charge is 2.27. The number of rotatable bonds is 0. The van der Waals surface area contributed by atoms with Crippen LogP contribution < -0.4 is 4.57 Å². The summed E-state index contributed by atoms with van der Waals surface area (Å²) in [6, 6.07) is 35.8. The van der Waals surface area contributed by atoms with E-state index in [0.29, 0.717) is 0 Å². The summed E-state index contributed by atoms with van der Waals surface area (Å²) in [4.78, 5) is 0. The summed E-state index contributed by atoms with van der Waals surface area (Å²) < 4.78 is 7.32. The molecule has 9 aromatic rings. The van der Waals surface area contributed by atoms with Gasteiger partial charge in [0.1, 0.15) is 5.52 Å². The molecule has 3 heteroatoms. The highest BCUT2D eigenvalue weighted by Crippen LogP contribution is 2.44. The van der Waals surface area contributed by atoms with Gasteiger partial charge in [0.2, 0.25) is 0 Å². The summed E-state index contributed by atoms with van der Waals surface area (Å²) in [7, 11) is 2.20. The maximum absolute atomic E-state index is 2.48. The minimum Gasteiger partial charge on any atom is -0.308 e. The van der Waals surface area contributed by atoms with E-state index < -0.39 is 0 Å². The standard InChI is InChI=1S/C33H22N3/c1-19-9-7-12-22-29(19)33-34(2)25-15-5-6-16-26(25)36(33)28-18-17-27-31(30(22)28)23-13-8-11-21-20-10-3-4-14-24(20)35(27)32(21)23/h3-18H,1-2H3/q+1. The van der Waals surface area contributed by atoms with Crippen LogP contribution in [0.25, 0.3) is 76.5 Å². The molecule has 0 fully saturated rings. The van der Waals surface area contributed by atoms with E-state index in [1.54, 1.807) is 0 Å². The number of imidazole rings is 1. The number of nitrogens with zero attached hydrogens (tertiary/aromatic N) is 3. The van der Waals surface area contributed by atoms with Crippen LogP contribution in [0.15, 0.2) is 97.1 Å². The van der Waals surface area contributed by atoms with Gasteiger partial charge in [-0.15, -0.1) is 0 Å². The van der Waals surface area contributed by atoms with Gasteiger partial charge < -0.3 is 4.40 Å². The number of aromatic nitrogens is 3. The maximum atomic E-state index is 2.48. The molecule has 0 atom stereocenters. The molecule has 5 aromatic carbocycles. The van der Waals surface area contributed by atoms with Crippen molar-refractivity contribution in [2.45, 2.75) is 6.92 Å². The first-order chi connectivity index (χ1) is 17.7. The predicted octanol–water partition coefficient (Wildman–Crippen LogP) is 7.68. The Kier molecular flexibility index (Phi) is 3.18. The van der Waals surface area contributed by atoms with Gasteiger partial charge in [0.15, 0.2) is 11.0 Å². The maximum Gasteiger partial charge on any atom is 0.295 e. The minimum atomic E-state index is 1.24. The Balaban J connectivity index is 1.70. The van der Waals surface area contributed by atoms with Gasteiger partial charge in [-0.3, -0.25) is 0 Å². The average Bonchev–Trinajstić information content (AvgIpc) is 3.54. The van der Waals surface area contributed by atoms with E-state index in [1.807, 2.05) is 0 Å². The normalized spacial score (nSPS) is 12.7. The zero-order valence-electron chi connectivity index (χ0n) is 20.1. The summed E-state index contributed by atoms with van der Waals surface area (Å²) in [6.45, 7) is 2.24. The Bertz CT molecular complexity index is 2380. The Morgan fingerprint density at radius 1 is 0.500 bits per heavy atom. The smallest absolute Gasteiger partial charge is 0.295 e. The second-order valence-electron chi connectivity index (χ2n) is 10.1. The van der Waals surface area contributed by atoms with Crippen molar-refractivity contribution in [3.63, 3.8) is 0 Å². The van der Waals surface area contributed by atoms with Gasteiger partial charge in [0, 0.05) is 32.3 Å². The molecule has 0 amide bonds. The lowest BCUT2D eigenvalue weighted by Crippen LogP contribution is -2.27. The Hall–Kier alpha value is -4.63. The quantitative estimate of drug-likeness (QED) is 0.163. The van der Waals surface area contributed by atoms with Crippen molar-refractivity contribution in [1.29, 1.82) is 0 Å². The molecular formula is C33H22N3+. The fraction of sp³-hybridized carbons (Fsp3) is 0.0606. The van der Waals surface area contributed by atoms with Crippen molar-refractivity contribution in [2.75, 3.05) is 0 Å². The SMILES string of the molecule is Cc1cccc2c1c1n(c3ccc4c(c5cccc6c7ccccc7n4c65)c23)c2ccccc2[n+]1C. The number of hydrogen-bond donors (Lipinski definition) is 0. The molecule has 0 spiro atoms. The number of benzene rings is 5. The van der Waals surface area contributed by atoms with Gasteiger partial charge in [-0.25, -0.2) is 4.57 Å². The molecule has 4 heterocycles. The van der Waals surface area contributed by atoms with Crippen LogP contribution in [-0.4, -0.2) is 8.80 Å². The molecule has 168 valence electrons. The lowest BCUT2D eigenvalue weighted by molar-refractivity contribution is -0.617. The van der Waals surface area contributed by atoms with Crippen molar-refractivity contribution < 1.29 is 4.57 Å². The fourth-order valence-corrected chi connectivity index (χ4v) is 6.98. The molecule has 3 nitrogen and oxygen atoms in total.